The molecule has 0 aliphatic carbocycles. The van der Waals surface area contributed by atoms with E-state index in [0.29, 0.717) is 12.8 Å². The van der Waals surface area contributed by atoms with Gasteiger partial charge in [0.1, 0.15) is 0 Å². The molecule has 0 saturated carbocycles. The minimum absolute atomic E-state index is 0. The van der Waals surface area contributed by atoms with Gasteiger partial charge in [0.25, 0.3) is 0 Å². The Balaban J connectivity index is -0.000000289. The summed E-state index contributed by atoms with van der Waals surface area (Å²) in [5, 5.41) is 17.0. The summed E-state index contributed by atoms with van der Waals surface area (Å²) in [5.74, 6) is -1.31. The van der Waals surface area contributed by atoms with E-state index in [1.54, 1.807) is 0 Å². The van der Waals surface area contributed by atoms with Gasteiger partial charge in [-0.2, -0.15) is 0 Å². The monoisotopic (exact) mass is 586 g/mol. The van der Waals surface area contributed by atoms with Crippen LogP contribution in [0.3, 0.4) is 0 Å². The molecule has 0 aromatic carbocycles. The van der Waals surface area contributed by atoms with Crippen molar-refractivity contribution in [3.05, 3.63) is 0 Å². The van der Waals surface area contributed by atoms with Crippen LogP contribution in [0.15, 0.2) is 0 Å². The van der Waals surface area contributed by atoms with E-state index >= 15 is 0 Å². The second-order valence-electron chi connectivity index (χ2n) is 10.8. The van der Waals surface area contributed by atoms with Crippen LogP contribution in [-0.4, -0.2) is 30.6 Å². The Hall–Kier alpha value is -0.476. The summed E-state index contributed by atoms with van der Waals surface area (Å²) in [5.41, 5.74) is 0. The molecule has 4 radical (unpaired) electrons. The van der Waals surface area contributed by atoms with Crippen LogP contribution >= 0.6 is 0 Å². The molecule has 0 atom stereocenters. The Morgan fingerprint density at radius 3 is 0.684 bits per heavy atom. The zero-order valence-corrected chi connectivity index (χ0v) is 26.3. The number of hydrogen-bond donors (Lipinski definition) is 2. The fourth-order valence-electron chi connectivity index (χ4n) is 4.59. The minimum Gasteiger partial charge on any atom is -0.481 e. The molecule has 0 spiro atoms. The largest absolute Gasteiger partial charge is 0.481 e. The molecule has 2 N–H and O–H groups in total. The number of aliphatic carboxylic acids is 2. The Labute approximate surface area is 250 Å². The quantitative estimate of drug-likeness (QED) is 0.0706. The van der Waals surface area contributed by atoms with Crippen molar-refractivity contribution in [2.45, 2.75) is 194 Å². The number of hydrogen-bond acceptors (Lipinski definition) is 2. The molecule has 0 fully saturated rings. The SMILES string of the molecule is CCCCCCCCCCCCCCCC(=O)O.CCCCCCCCCCCCCCCC(=O)O.[B].[Cu]. The molecule has 0 rings (SSSR count). The molecule has 0 saturated heterocycles. The molecule has 0 aromatic heterocycles. The van der Waals surface area contributed by atoms with Crippen LogP contribution in [0.2, 0.25) is 0 Å². The molecule has 0 bridgehead atoms. The maximum absolute atomic E-state index is 10.3. The van der Waals surface area contributed by atoms with Crippen LogP contribution in [0.5, 0.6) is 0 Å². The van der Waals surface area contributed by atoms with E-state index in [2.05, 4.69) is 13.8 Å². The van der Waals surface area contributed by atoms with Crippen molar-refractivity contribution in [3.8, 4) is 0 Å². The third-order valence-electron chi connectivity index (χ3n) is 6.99. The first kappa shape index (κ1) is 44.5. The number of carboxylic acids is 2. The molecular weight excluding hydrogens is 523 g/mol. The summed E-state index contributed by atoms with van der Waals surface area (Å²) >= 11 is 0. The average Bonchev–Trinajstić information content (AvgIpc) is 2.85. The third-order valence-corrected chi connectivity index (χ3v) is 6.99. The third kappa shape index (κ3) is 48.6. The van der Waals surface area contributed by atoms with Gasteiger partial charge in [0.15, 0.2) is 0 Å². The van der Waals surface area contributed by atoms with Crippen LogP contribution < -0.4 is 0 Å². The summed E-state index contributed by atoms with van der Waals surface area (Å²) in [6.07, 6.45) is 34.5. The second kappa shape index (κ2) is 41.0. The van der Waals surface area contributed by atoms with E-state index in [-0.39, 0.29) is 25.5 Å². The molecule has 230 valence electrons. The van der Waals surface area contributed by atoms with E-state index in [4.69, 9.17) is 10.2 Å². The van der Waals surface area contributed by atoms with Gasteiger partial charge < -0.3 is 10.2 Å². The van der Waals surface area contributed by atoms with Crippen molar-refractivity contribution in [2.24, 2.45) is 0 Å². The van der Waals surface area contributed by atoms with E-state index in [9.17, 15) is 9.59 Å². The van der Waals surface area contributed by atoms with Gasteiger partial charge >= 0.3 is 11.9 Å². The molecule has 38 heavy (non-hydrogen) atoms. The van der Waals surface area contributed by atoms with Crippen LogP contribution in [0.25, 0.3) is 0 Å². The molecule has 0 heterocycles. The van der Waals surface area contributed by atoms with E-state index in [1.807, 2.05) is 0 Å². The van der Waals surface area contributed by atoms with E-state index < -0.39 is 11.9 Å². The summed E-state index contributed by atoms with van der Waals surface area (Å²) in [6.45, 7) is 4.52. The maximum Gasteiger partial charge on any atom is 0.303 e. The molecule has 0 aliphatic heterocycles. The normalized spacial score (nSPS) is 10.2. The number of rotatable bonds is 28. The summed E-state index contributed by atoms with van der Waals surface area (Å²) in [7, 11) is 0. The van der Waals surface area contributed by atoms with Crippen LogP contribution in [0.1, 0.15) is 194 Å². The van der Waals surface area contributed by atoms with E-state index in [0.717, 1.165) is 25.7 Å². The van der Waals surface area contributed by atoms with Crippen molar-refractivity contribution in [2.75, 3.05) is 0 Å². The van der Waals surface area contributed by atoms with Gasteiger partial charge in [0.2, 0.25) is 0 Å². The minimum atomic E-state index is -0.655. The van der Waals surface area contributed by atoms with Crippen LogP contribution in [0, 0.1) is 0 Å². The molecule has 6 heteroatoms. The predicted molar refractivity (Wildman–Crippen MR) is 162 cm³/mol. The van der Waals surface area contributed by atoms with Crippen molar-refractivity contribution in [3.63, 3.8) is 0 Å². The predicted octanol–water partition coefficient (Wildman–Crippen LogP) is 10.7. The Morgan fingerprint density at radius 2 is 0.526 bits per heavy atom. The molecule has 0 unspecified atom stereocenters. The summed E-state index contributed by atoms with van der Waals surface area (Å²) < 4.78 is 0. The number of carbonyl (C=O) groups is 2. The first-order valence-electron chi connectivity index (χ1n) is 16.0. The van der Waals surface area contributed by atoms with Gasteiger partial charge in [0, 0.05) is 38.3 Å². The van der Waals surface area contributed by atoms with Crippen molar-refractivity contribution in [1.82, 2.24) is 0 Å². The molecule has 0 amide bonds. The Bertz CT molecular complexity index is 409. The molecule has 0 aromatic rings. The van der Waals surface area contributed by atoms with Gasteiger partial charge in [-0.1, -0.05) is 168 Å². The van der Waals surface area contributed by atoms with Crippen LogP contribution in [-0.2, 0) is 26.7 Å². The molecular formula is C32H64BCuO4. The van der Waals surface area contributed by atoms with Crippen molar-refractivity contribution < 1.29 is 36.9 Å². The maximum atomic E-state index is 10.3. The molecule has 4 nitrogen and oxygen atoms in total. The zero-order valence-electron chi connectivity index (χ0n) is 25.4. The van der Waals surface area contributed by atoms with Gasteiger partial charge in [-0.15, -0.1) is 0 Å². The fraction of sp³-hybridized carbons (Fsp3) is 0.938. The fourth-order valence-corrected chi connectivity index (χ4v) is 4.59. The van der Waals surface area contributed by atoms with Crippen LogP contribution in [0.4, 0.5) is 0 Å². The number of carboxylic acid groups (broad SMARTS) is 2. The van der Waals surface area contributed by atoms with Gasteiger partial charge in [-0.3, -0.25) is 9.59 Å². The smallest absolute Gasteiger partial charge is 0.303 e. The van der Waals surface area contributed by atoms with Gasteiger partial charge in [-0.25, -0.2) is 0 Å². The summed E-state index contributed by atoms with van der Waals surface area (Å²) in [6, 6.07) is 0. The number of unbranched alkanes of at least 4 members (excludes halogenated alkanes) is 24. The van der Waals surface area contributed by atoms with Gasteiger partial charge in [-0.05, 0) is 12.8 Å². The average molecular weight is 587 g/mol. The first-order chi connectivity index (χ1) is 17.5. The van der Waals surface area contributed by atoms with E-state index in [1.165, 1.54) is 141 Å². The Kier molecular flexibility index (Phi) is 48.1. The van der Waals surface area contributed by atoms with Crippen molar-refractivity contribution >= 4 is 20.4 Å². The van der Waals surface area contributed by atoms with Gasteiger partial charge in [0.05, 0.1) is 0 Å². The topological polar surface area (TPSA) is 74.6 Å². The Morgan fingerprint density at radius 1 is 0.368 bits per heavy atom. The molecule has 0 aliphatic rings. The standard InChI is InChI=1S/2C16H32O2.B.Cu/c2*1-2-3-4-5-6-7-8-9-10-11-12-13-14-15-16(17)18;;/h2*2-15H2,1H3,(H,17,18);;. The first-order valence-corrected chi connectivity index (χ1v) is 16.0. The second-order valence-corrected chi connectivity index (χ2v) is 10.8. The summed E-state index contributed by atoms with van der Waals surface area (Å²) in [4.78, 5) is 20.6. The van der Waals surface area contributed by atoms with Crippen molar-refractivity contribution in [1.29, 1.82) is 0 Å². The zero-order chi connectivity index (χ0) is 27.0.